The largest absolute Gasteiger partial charge is 0.375 e. The van der Waals surface area contributed by atoms with Gasteiger partial charge in [-0.15, -0.1) is 0 Å². The van der Waals surface area contributed by atoms with Crippen LogP contribution in [-0.2, 0) is 9.53 Å². The SMILES string of the molecule is COCC(=O)N[C@H]1CC[C@H](CCN2CCN(c3cc(Cl)ncc3Cl)CC2)CC1. The Morgan fingerprint density at radius 2 is 1.93 bits per heavy atom. The van der Waals surface area contributed by atoms with Crippen LogP contribution in [0.2, 0.25) is 10.2 Å². The molecule has 1 saturated carbocycles. The lowest BCUT2D eigenvalue weighted by Gasteiger charge is -2.37. The molecule has 1 saturated heterocycles. The van der Waals surface area contributed by atoms with Gasteiger partial charge in [0.25, 0.3) is 0 Å². The Morgan fingerprint density at radius 1 is 1.21 bits per heavy atom. The molecule has 2 fully saturated rings. The molecule has 2 aliphatic rings. The van der Waals surface area contributed by atoms with Gasteiger partial charge in [0.05, 0.1) is 10.7 Å². The first-order valence-corrected chi connectivity index (χ1v) is 10.9. The molecule has 1 N–H and O–H groups in total. The highest BCUT2D eigenvalue weighted by molar-refractivity contribution is 6.34. The van der Waals surface area contributed by atoms with Crippen molar-refractivity contribution in [3.63, 3.8) is 0 Å². The van der Waals surface area contributed by atoms with Crippen molar-refractivity contribution >= 4 is 34.8 Å². The predicted octanol–water partition coefficient (Wildman–Crippen LogP) is 3.22. The molecule has 1 aliphatic heterocycles. The van der Waals surface area contributed by atoms with E-state index in [0.29, 0.717) is 16.2 Å². The van der Waals surface area contributed by atoms with Gasteiger partial charge in [-0.05, 0) is 44.6 Å². The fraction of sp³-hybridized carbons (Fsp3) is 0.700. The van der Waals surface area contributed by atoms with E-state index in [9.17, 15) is 4.79 Å². The summed E-state index contributed by atoms with van der Waals surface area (Å²) in [7, 11) is 1.55. The minimum Gasteiger partial charge on any atom is -0.375 e. The third-order valence-electron chi connectivity index (χ3n) is 5.86. The number of aromatic nitrogens is 1. The number of nitrogens with zero attached hydrogens (tertiary/aromatic N) is 3. The molecule has 8 heteroatoms. The quantitative estimate of drug-likeness (QED) is 0.675. The Bertz CT molecular complexity index is 645. The van der Waals surface area contributed by atoms with Crippen LogP contribution >= 0.6 is 23.2 Å². The second-order valence-corrected chi connectivity index (χ2v) is 8.59. The number of piperazine rings is 1. The molecule has 1 amide bonds. The van der Waals surface area contributed by atoms with Crippen molar-refractivity contribution in [1.82, 2.24) is 15.2 Å². The molecule has 0 bridgehead atoms. The normalized spacial score (nSPS) is 23.6. The lowest BCUT2D eigenvalue weighted by molar-refractivity contribution is -0.125. The highest BCUT2D eigenvalue weighted by Crippen LogP contribution is 2.29. The minimum atomic E-state index is -0.000547. The topological polar surface area (TPSA) is 57.7 Å². The molecule has 2 heterocycles. The number of carbonyl (C=O) groups excluding carboxylic acids is 1. The summed E-state index contributed by atoms with van der Waals surface area (Å²) in [6.45, 7) is 5.29. The summed E-state index contributed by atoms with van der Waals surface area (Å²) in [5.74, 6) is 0.765. The number of rotatable bonds is 7. The van der Waals surface area contributed by atoms with Crippen LogP contribution in [0.1, 0.15) is 32.1 Å². The molecule has 156 valence electrons. The van der Waals surface area contributed by atoms with Crippen molar-refractivity contribution in [2.24, 2.45) is 5.92 Å². The molecule has 0 atom stereocenters. The summed E-state index contributed by atoms with van der Waals surface area (Å²) in [5.41, 5.74) is 0.982. The number of ether oxygens (including phenoxy) is 1. The summed E-state index contributed by atoms with van der Waals surface area (Å²) in [6, 6.07) is 2.17. The molecule has 1 aromatic heterocycles. The Hall–Kier alpha value is -1.08. The van der Waals surface area contributed by atoms with E-state index in [1.54, 1.807) is 13.3 Å². The predicted molar refractivity (Wildman–Crippen MR) is 113 cm³/mol. The molecule has 0 spiro atoms. The number of pyridine rings is 1. The van der Waals surface area contributed by atoms with Gasteiger partial charge in [-0.3, -0.25) is 9.69 Å². The highest BCUT2D eigenvalue weighted by atomic mass is 35.5. The van der Waals surface area contributed by atoms with Crippen LogP contribution in [0, 0.1) is 5.92 Å². The summed E-state index contributed by atoms with van der Waals surface area (Å²) >= 11 is 12.3. The van der Waals surface area contributed by atoms with Crippen LogP contribution in [-0.4, -0.2) is 68.3 Å². The molecule has 3 rings (SSSR count). The molecule has 28 heavy (non-hydrogen) atoms. The maximum Gasteiger partial charge on any atom is 0.246 e. The van der Waals surface area contributed by atoms with Crippen LogP contribution in [0.5, 0.6) is 0 Å². The molecule has 6 nitrogen and oxygen atoms in total. The first-order valence-electron chi connectivity index (χ1n) is 10.1. The van der Waals surface area contributed by atoms with Crippen molar-refractivity contribution in [2.45, 2.75) is 38.1 Å². The Labute approximate surface area is 177 Å². The zero-order valence-electron chi connectivity index (χ0n) is 16.5. The van der Waals surface area contributed by atoms with E-state index in [1.165, 1.54) is 19.3 Å². The number of hydrogen-bond acceptors (Lipinski definition) is 5. The minimum absolute atomic E-state index is 0.000547. The second-order valence-electron chi connectivity index (χ2n) is 7.79. The molecular formula is C20H30Cl2N4O2. The molecule has 1 aliphatic carbocycles. The zero-order chi connectivity index (χ0) is 19.9. The van der Waals surface area contributed by atoms with E-state index < -0.39 is 0 Å². The number of anilines is 1. The molecule has 0 radical (unpaired) electrons. The van der Waals surface area contributed by atoms with Gasteiger partial charge in [0.2, 0.25) is 5.91 Å². The van der Waals surface area contributed by atoms with Gasteiger partial charge in [-0.25, -0.2) is 4.98 Å². The smallest absolute Gasteiger partial charge is 0.246 e. The fourth-order valence-corrected chi connectivity index (χ4v) is 4.59. The Balaban J connectivity index is 1.35. The van der Waals surface area contributed by atoms with E-state index in [0.717, 1.165) is 57.2 Å². The van der Waals surface area contributed by atoms with Crippen LogP contribution < -0.4 is 10.2 Å². The number of amides is 1. The number of methoxy groups -OCH3 is 1. The van der Waals surface area contributed by atoms with Crippen molar-refractivity contribution in [3.8, 4) is 0 Å². The van der Waals surface area contributed by atoms with Crippen molar-refractivity contribution in [1.29, 1.82) is 0 Å². The Kier molecular flexibility index (Phi) is 8.21. The highest BCUT2D eigenvalue weighted by Gasteiger charge is 2.24. The van der Waals surface area contributed by atoms with Crippen LogP contribution in [0.4, 0.5) is 5.69 Å². The molecule has 0 unspecified atom stereocenters. The first kappa shape index (κ1) is 21.6. The van der Waals surface area contributed by atoms with Gasteiger partial charge in [-0.1, -0.05) is 23.2 Å². The van der Waals surface area contributed by atoms with Gasteiger partial charge >= 0.3 is 0 Å². The van der Waals surface area contributed by atoms with E-state index in [-0.39, 0.29) is 12.5 Å². The van der Waals surface area contributed by atoms with Crippen molar-refractivity contribution in [2.75, 3.05) is 51.3 Å². The van der Waals surface area contributed by atoms with Gasteiger partial charge in [-0.2, -0.15) is 0 Å². The number of carbonyl (C=O) groups is 1. The average Bonchev–Trinajstić information content (AvgIpc) is 2.70. The van der Waals surface area contributed by atoms with Crippen molar-refractivity contribution in [3.05, 3.63) is 22.4 Å². The van der Waals surface area contributed by atoms with E-state index in [1.807, 2.05) is 6.07 Å². The van der Waals surface area contributed by atoms with Gasteiger partial charge in [0.15, 0.2) is 0 Å². The number of halogens is 2. The van der Waals surface area contributed by atoms with Gasteiger partial charge in [0, 0.05) is 51.6 Å². The monoisotopic (exact) mass is 428 g/mol. The average molecular weight is 429 g/mol. The summed E-state index contributed by atoms with van der Waals surface area (Å²) in [6.07, 6.45) is 7.41. The number of hydrogen-bond donors (Lipinski definition) is 1. The fourth-order valence-electron chi connectivity index (χ4n) is 4.22. The number of nitrogens with one attached hydrogen (secondary N) is 1. The lowest BCUT2D eigenvalue weighted by Crippen LogP contribution is -2.47. The second kappa shape index (κ2) is 10.6. The van der Waals surface area contributed by atoms with Crippen molar-refractivity contribution < 1.29 is 9.53 Å². The van der Waals surface area contributed by atoms with Crippen LogP contribution in [0.15, 0.2) is 12.3 Å². The summed E-state index contributed by atoms with van der Waals surface area (Å²) < 4.78 is 4.88. The summed E-state index contributed by atoms with van der Waals surface area (Å²) in [5, 5.41) is 4.21. The zero-order valence-corrected chi connectivity index (χ0v) is 18.0. The van der Waals surface area contributed by atoms with E-state index in [4.69, 9.17) is 27.9 Å². The molecule has 1 aromatic rings. The maximum absolute atomic E-state index is 11.6. The molecular weight excluding hydrogens is 399 g/mol. The first-order chi connectivity index (χ1) is 13.5. The van der Waals surface area contributed by atoms with Gasteiger partial charge < -0.3 is 15.0 Å². The van der Waals surface area contributed by atoms with Gasteiger partial charge in [0.1, 0.15) is 11.8 Å². The summed E-state index contributed by atoms with van der Waals surface area (Å²) in [4.78, 5) is 20.5. The lowest BCUT2D eigenvalue weighted by atomic mass is 9.84. The maximum atomic E-state index is 11.6. The third kappa shape index (κ3) is 6.21. The molecule has 0 aromatic carbocycles. The Morgan fingerprint density at radius 3 is 2.61 bits per heavy atom. The third-order valence-corrected chi connectivity index (χ3v) is 6.35. The van der Waals surface area contributed by atoms with Crippen LogP contribution in [0.25, 0.3) is 0 Å². The van der Waals surface area contributed by atoms with E-state index >= 15 is 0 Å². The van der Waals surface area contributed by atoms with Crippen LogP contribution in [0.3, 0.4) is 0 Å². The van der Waals surface area contributed by atoms with E-state index in [2.05, 4.69) is 20.1 Å². The standard InChI is InChI=1S/C20H30Cl2N4O2/c1-28-14-20(27)24-16-4-2-15(3-5-16)6-7-25-8-10-26(11-9-25)18-12-19(22)23-13-17(18)21/h12-13,15-16H,2-11,14H2,1H3,(H,24,27)/t15-,16-.